The number of aromatic nitrogens is 2. The fourth-order valence-electron chi connectivity index (χ4n) is 3.49. The lowest BCUT2D eigenvalue weighted by molar-refractivity contribution is -0.133. The third-order valence-electron chi connectivity index (χ3n) is 5.08. The number of alkyl halides is 2. The van der Waals surface area contributed by atoms with E-state index in [9.17, 15) is 13.6 Å². The maximum atomic E-state index is 13.3. The Bertz CT molecular complexity index is 640. The maximum Gasteiger partial charge on any atom is 0.262 e. The summed E-state index contributed by atoms with van der Waals surface area (Å²) < 4.78 is 31.9. The quantitative estimate of drug-likeness (QED) is 0.836. The Morgan fingerprint density at radius 1 is 1.27 bits per heavy atom. The van der Waals surface area contributed by atoms with E-state index in [1.54, 1.807) is 4.90 Å². The lowest BCUT2D eigenvalue weighted by Gasteiger charge is -2.24. The average Bonchev–Trinajstić information content (AvgIpc) is 3.28. The van der Waals surface area contributed by atoms with Crippen molar-refractivity contribution in [1.82, 2.24) is 25.3 Å². The van der Waals surface area contributed by atoms with Crippen molar-refractivity contribution in [3.63, 3.8) is 0 Å². The zero-order chi connectivity index (χ0) is 17.4. The molecule has 1 aromatic heterocycles. The second-order valence-electron chi connectivity index (χ2n) is 7.27. The molecule has 1 aliphatic carbocycles. The molecule has 4 rings (SSSR count). The summed E-state index contributed by atoms with van der Waals surface area (Å²) >= 11 is 0. The third-order valence-corrected chi connectivity index (χ3v) is 5.08. The minimum atomic E-state index is -2.78. The van der Waals surface area contributed by atoms with Crippen LogP contribution >= 0.6 is 12.4 Å². The average molecular weight is 392 g/mol. The first kappa shape index (κ1) is 19.4. The molecule has 1 amide bonds. The highest BCUT2D eigenvalue weighted by molar-refractivity contribution is 5.85. The van der Waals surface area contributed by atoms with Crippen LogP contribution in [0.5, 0.6) is 0 Å². The first-order valence-corrected chi connectivity index (χ1v) is 8.95. The van der Waals surface area contributed by atoms with E-state index in [-0.39, 0.29) is 18.3 Å². The summed E-state index contributed by atoms with van der Waals surface area (Å²) in [4.78, 5) is 20.8. The SMILES string of the molecule is Cl.O=C(C1CC(F)(F)CN1)N1CCCN(Cc2noc(C3CC3)n2)CC1. The Hall–Kier alpha value is -1.32. The summed E-state index contributed by atoms with van der Waals surface area (Å²) in [6.45, 7) is 2.82. The van der Waals surface area contributed by atoms with Crippen LogP contribution in [0.25, 0.3) is 0 Å². The van der Waals surface area contributed by atoms with Gasteiger partial charge in [0.15, 0.2) is 5.82 Å². The predicted octanol–water partition coefficient (Wildman–Crippen LogP) is 1.40. The summed E-state index contributed by atoms with van der Waals surface area (Å²) in [7, 11) is 0. The van der Waals surface area contributed by atoms with Gasteiger partial charge in [0.2, 0.25) is 11.8 Å². The van der Waals surface area contributed by atoms with Crippen LogP contribution in [0.15, 0.2) is 4.52 Å². The number of halogens is 3. The Morgan fingerprint density at radius 3 is 2.77 bits per heavy atom. The molecule has 7 nitrogen and oxygen atoms in total. The van der Waals surface area contributed by atoms with Crippen LogP contribution < -0.4 is 5.32 Å². The molecule has 1 saturated carbocycles. The van der Waals surface area contributed by atoms with Crippen LogP contribution in [-0.4, -0.2) is 70.5 Å². The van der Waals surface area contributed by atoms with Crippen molar-refractivity contribution < 1.29 is 18.1 Å². The number of amides is 1. The van der Waals surface area contributed by atoms with E-state index < -0.39 is 24.9 Å². The van der Waals surface area contributed by atoms with Crippen molar-refractivity contribution in [3.8, 4) is 0 Å². The first-order valence-electron chi connectivity index (χ1n) is 8.95. The van der Waals surface area contributed by atoms with Gasteiger partial charge in [-0.05, 0) is 19.3 Å². The summed E-state index contributed by atoms with van der Waals surface area (Å²) in [6.07, 6.45) is 2.65. The van der Waals surface area contributed by atoms with Crippen LogP contribution in [0.1, 0.15) is 43.3 Å². The van der Waals surface area contributed by atoms with E-state index in [1.165, 1.54) is 0 Å². The van der Waals surface area contributed by atoms with Crippen LogP contribution in [0, 0.1) is 0 Å². The zero-order valence-electron chi connectivity index (χ0n) is 14.5. The highest BCUT2D eigenvalue weighted by Crippen LogP contribution is 2.38. The molecule has 1 N–H and O–H groups in total. The highest BCUT2D eigenvalue weighted by atomic mass is 35.5. The molecular weight excluding hydrogens is 368 g/mol. The van der Waals surface area contributed by atoms with Gasteiger partial charge >= 0.3 is 0 Å². The second kappa shape index (κ2) is 7.74. The molecule has 0 spiro atoms. The van der Waals surface area contributed by atoms with Gasteiger partial charge in [-0.15, -0.1) is 12.4 Å². The zero-order valence-corrected chi connectivity index (χ0v) is 15.3. The van der Waals surface area contributed by atoms with E-state index in [1.807, 2.05) is 0 Å². The van der Waals surface area contributed by atoms with E-state index in [2.05, 4.69) is 20.4 Å². The summed E-state index contributed by atoms with van der Waals surface area (Å²) in [5.74, 6) is -1.14. The van der Waals surface area contributed by atoms with Crippen molar-refractivity contribution >= 4 is 18.3 Å². The summed E-state index contributed by atoms with van der Waals surface area (Å²) in [6, 6.07) is -0.764. The minimum Gasteiger partial charge on any atom is -0.340 e. The molecule has 0 radical (unpaired) electrons. The molecule has 0 bridgehead atoms. The third kappa shape index (κ3) is 4.50. The van der Waals surface area contributed by atoms with Gasteiger partial charge in [-0.1, -0.05) is 5.16 Å². The second-order valence-corrected chi connectivity index (χ2v) is 7.27. The molecule has 1 aromatic rings. The van der Waals surface area contributed by atoms with E-state index in [0.717, 1.165) is 31.7 Å². The number of nitrogens with one attached hydrogen (secondary N) is 1. The first-order chi connectivity index (χ1) is 12.0. The van der Waals surface area contributed by atoms with Crippen molar-refractivity contribution in [2.45, 2.75) is 50.1 Å². The number of hydrogen-bond acceptors (Lipinski definition) is 6. The van der Waals surface area contributed by atoms with Crippen LogP contribution in [-0.2, 0) is 11.3 Å². The highest BCUT2D eigenvalue weighted by Gasteiger charge is 2.43. The largest absolute Gasteiger partial charge is 0.340 e. The lowest BCUT2D eigenvalue weighted by atomic mass is 10.1. The normalized spacial score (nSPS) is 26.4. The molecular formula is C16H24ClF2N5O2. The fraction of sp³-hybridized carbons (Fsp3) is 0.812. The van der Waals surface area contributed by atoms with Gasteiger partial charge in [-0.2, -0.15) is 4.98 Å². The van der Waals surface area contributed by atoms with Crippen molar-refractivity contribution in [1.29, 1.82) is 0 Å². The number of carbonyl (C=O) groups is 1. The molecule has 2 saturated heterocycles. The molecule has 10 heteroatoms. The standard InChI is InChI=1S/C16H23F2N5O2.ClH/c17-16(18)8-12(19-10-16)15(24)23-5-1-4-22(6-7-23)9-13-20-14(25-21-13)11-2-3-11;/h11-12,19H,1-10H2;1H. The number of carbonyl (C=O) groups excluding carboxylic acids is 1. The van der Waals surface area contributed by atoms with Gasteiger partial charge in [0.1, 0.15) is 0 Å². The van der Waals surface area contributed by atoms with Gasteiger partial charge in [0, 0.05) is 38.5 Å². The van der Waals surface area contributed by atoms with Crippen LogP contribution in [0.3, 0.4) is 0 Å². The van der Waals surface area contributed by atoms with E-state index in [4.69, 9.17) is 4.52 Å². The molecule has 3 aliphatic rings. The van der Waals surface area contributed by atoms with Crippen LogP contribution in [0.4, 0.5) is 8.78 Å². The van der Waals surface area contributed by atoms with Gasteiger partial charge in [0.05, 0.1) is 19.1 Å². The summed E-state index contributed by atoms with van der Waals surface area (Å²) in [5, 5.41) is 6.68. The summed E-state index contributed by atoms with van der Waals surface area (Å²) in [5.41, 5.74) is 0. The molecule has 3 fully saturated rings. The minimum absolute atomic E-state index is 0. The Kier molecular flexibility index (Phi) is 5.78. The predicted molar refractivity (Wildman–Crippen MR) is 91.3 cm³/mol. The smallest absolute Gasteiger partial charge is 0.262 e. The van der Waals surface area contributed by atoms with Crippen LogP contribution in [0.2, 0.25) is 0 Å². The van der Waals surface area contributed by atoms with Gasteiger partial charge in [-0.3, -0.25) is 15.0 Å². The van der Waals surface area contributed by atoms with E-state index >= 15 is 0 Å². The maximum absolute atomic E-state index is 13.3. The number of hydrogen-bond donors (Lipinski definition) is 1. The Labute approximate surface area is 156 Å². The molecule has 1 atom stereocenters. The van der Waals surface area contributed by atoms with Crippen molar-refractivity contribution in [2.24, 2.45) is 0 Å². The monoisotopic (exact) mass is 391 g/mol. The molecule has 0 aromatic carbocycles. The van der Waals surface area contributed by atoms with E-state index in [0.29, 0.717) is 37.9 Å². The number of nitrogens with zero attached hydrogens (tertiary/aromatic N) is 4. The Morgan fingerprint density at radius 2 is 2.08 bits per heavy atom. The van der Waals surface area contributed by atoms with Gasteiger partial charge in [-0.25, -0.2) is 8.78 Å². The Balaban J connectivity index is 0.00000196. The lowest BCUT2D eigenvalue weighted by Crippen LogP contribution is -2.45. The molecule has 26 heavy (non-hydrogen) atoms. The molecule has 146 valence electrons. The fourth-order valence-corrected chi connectivity index (χ4v) is 3.49. The topological polar surface area (TPSA) is 74.5 Å². The van der Waals surface area contributed by atoms with Gasteiger partial charge in [0.25, 0.3) is 5.92 Å². The number of rotatable bonds is 4. The molecule has 2 aliphatic heterocycles. The molecule has 1 unspecified atom stereocenters. The molecule has 3 heterocycles. The van der Waals surface area contributed by atoms with Crippen molar-refractivity contribution in [2.75, 3.05) is 32.7 Å². The van der Waals surface area contributed by atoms with Crippen molar-refractivity contribution in [3.05, 3.63) is 11.7 Å². The van der Waals surface area contributed by atoms with Gasteiger partial charge < -0.3 is 9.42 Å².